The molecule has 8 nitrogen and oxygen atoms in total. The van der Waals surface area contributed by atoms with Gasteiger partial charge in [0, 0.05) is 16.9 Å². The van der Waals surface area contributed by atoms with Gasteiger partial charge in [-0.1, -0.05) is 23.9 Å². The first-order chi connectivity index (χ1) is 12.8. The molecular formula is C17H17NO7S2. The highest BCUT2D eigenvalue weighted by atomic mass is 32.2. The maximum atomic E-state index is 12.6. The van der Waals surface area contributed by atoms with Gasteiger partial charge < -0.3 is 9.47 Å². The van der Waals surface area contributed by atoms with Crippen molar-refractivity contribution in [1.82, 2.24) is 5.06 Å². The predicted molar refractivity (Wildman–Crippen MR) is 98.7 cm³/mol. The molecule has 1 heterocycles. The van der Waals surface area contributed by atoms with Crippen LogP contribution in [-0.4, -0.2) is 50.9 Å². The minimum Gasteiger partial charge on any atom is -0.356 e. The number of benzene rings is 2. The van der Waals surface area contributed by atoms with Crippen LogP contribution in [-0.2, 0) is 23.9 Å². The number of amides is 2. The zero-order valence-electron chi connectivity index (χ0n) is 14.6. The molecule has 2 aromatic rings. The number of hydrogen-bond acceptors (Lipinski definition) is 8. The van der Waals surface area contributed by atoms with Gasteiger partial charge in [0.2, 0.25) is 0 Å². The van der Waals surface area contributed by atoms with Crippen LogP contribution in [0, 0.1) is 0 Å². The average Bonchev–Trinajstić information content (AvgIpc) is 2.62. The summed E-state index contributed by atoms with van der Waals surface area (Å²) < 4.78 is 37.8. The number of hydrogen-bond donors (Lipinski definition) is 0. The van der Waals surface area contributed by atoms with E-state index in [9.17, 15) is 18.0 Å². The molecule has 0 saturated carbocycles. The molecule has 0 atom stereocenters. The third-order valence-corrected chi connectivity index (χ3v) is 5.08. The van der Waals surface area contributed by atoms with E-state index in [2.05, 4.69) is 4.28 Å². The van der Waals surface area contributed by atoms with Crippen molar-refractivity contribution in [3.8, 4) is 0 Å². The van der Waals surface area contributed by atoms with Crippen LogP contribution in [0.2, 0.25) is 0 Å². The van der Waals surface area contributed by atoms with E-state index in [4.69, 9.17) is 9.47 Å². The average molecular weight is 411 g/mol. The highest BCUT2D eigenvalue weighted by Gasteiger charge is 2.36. The standard InChI is InChI=1S/C17H17NO7S2/c1-3-23-9-24-10-26-14-8-7-13-15-11(14)5-4-6-12(15)16(19)18(17(13)20)25-27(2,21)22/h4-8H,3,9-10H2,1-2H3. The maximum absolute atomic E-state index is 12.6. The second-order valence-electron chi connectivity index (χ2n) is 5.60. The molecule has 0 spiro atoms. The number of hydroxylamine groups is 2. The Morgan fingerprint density at radius 1 is 1.04 bits per heavy atom. The molecule has 0 aliphatic carbocycles. The second kappa shape index (κ2) is 7.95. The van der Waals surface area contributed by atoms with Gasteiger partial charge in [-0.25, -0.2) is 0 Å². The van der Waals surface area contributed by atoms with Gasteiger partial charge >= 0.3 is 0 Å². The van der Waals surface area contributed by atoms with Gasteiger partial charge in [0.15, 0.2) is 0 Å². The smallest absolute Gasteiger partial charge is 0.286 e. The van der Waals surface area contributed by atoms with Gasteiger partial charge in [0.25, 0.3) is 21.9 Å². The van der Waals surface area contributed by atoms with Crippen molar-refractivity contribution < 1.29 is 31.8 Å². The summed E-state index contributed by atoms with van der Waals surface area (Å²) in [7, 11) is -4.04. The van der Waals surface area contributed by atoms with E-state index in [1.54, 1.807) is 24.3 Å². The first-order valence-electron chi connectivity index (χ1n) is 7.96. The summed E-state index contributed by atoms with van der Waals surface area (Å²) in [5, 5.41) is 1.45. The zero-order chi connectivity index (χ0) is 19.6. The Balaban J connectivity index is 1.97. The molecular weight excluding hydrogens is 394 g/mol. The van der Waals surface area contributed by atoms with Crippen LogP contribution < -0.4 is 0 Å². The summed E-state index contributed by atoms with van der Waals surface area (Å²) in [6, 6.07) is 8.26. The van der Waals surface area contributed by atoms with Crippen molar-refractivity contribution in [1.29, 1.82) is 0 Å². The molecule has 0 fully saturated rings. The highest BCUT2D eigenvalue weighted by molar-refractivity contribution is 7.99. The van der Waals surface area contributed by atoms with Gasteiger partial charge in [0.1, 0.15) is 6.79 Å². The Labute approximate surface area is 160 Å². The van der Waals surface area contributed by atoms with Gasteiger partial charge in [-0.15, -0.1) is 9.35 Å². The Morgan fingerprint density at radius 3 is 2.41 bits per heavy atom. The Hall–Kier alpha value is -1.98. The molecule has 1 aliphatic heterocycles. The lowest BCUT2D eigenvalue weighted by molar-refractivity contribution is -0.0311. The van der Waals surface area contributed by atoms with E-state index in [1.807, 2.05) is 6.92 Å². The number of carbonyl (C=O) groups excluding carboxylic acids is 2. The van der Waals surface area contributed by atoms with Crippen molar-refractivity contribution in [3.63, 3.8) is 0 Å². The molecule has 0 aromatic heterocycles. The summed E-state index contributed by atoms with van der Waals surface area (Å²) in [6.07, 6.45) is 0.769. The van der Waals surface area contributed by atoms with E-state index in [1.165, 1.54) is 17.8 Å². The van der Waals surface area contributed by atoms with Crippen molar-refractivity contribution in [2.24, 2.45) is 0 Å². The van der Waals surface area contributed by atoms with Crippen molar-refractivity contribution in [2.45, 2.75) is 11.8 Å². The van der Waals surface area contributed by atoms with Crippen molar-refractivity contribution in [3.05, 3.63) is 41.5 Å². The third-order valence-electron chi connectivity index (χ3n) is 3.71. The Kier molecular flexibility index (Phi) is 5.82. The lowest BCUT2D eigenvalue weighted by Gasteiger charge is -2.25. The van der Waals surface area contributed by atoms with E-state index < -0.39 is 21.9 Å². The van der Waals surface area contributed by atoms with E-state index in [0.717, 1.165) is 11.2 Å². The van der Waals surface area contributed by atoms with Crippen LogP contribution in [0.1, 0.15) is 27.6 Å². The molecule has 0 saturated heterocycles. The van der Waals surface area contributed by atoms with E-state index in [0.29, 0.717) is 23.3 Å². The molecule has 2 amide bonds. The number of nitrogens with zero attached hydrogens (tertiary/aromatic N) is 1. The number of ether oxygens (including phenoxy) is 2. The minimum atomic E-state index is -4.04. The number of imide groups is 1. The number of carbonyl (C=O) groups is 2. The van der Waals surface area contributed by atoms with E-state index >= 15 is 0 Å². The molecule has 0 radical (unpaired) electrons. The van der Waals surface area contributed by atoms with Crippen LogP contribution in [0.5, 0.6) is 0 Å². The first-order valence-corrected chi connectivity index (χ1v) is 10.8. The SMILES string of the molecule is CCOCOCSc1ccc2c3c(cccc13)C(=O)N(OS(C)(=O)=O)C2=O. The quantitative estimate of drug-likeness (QED) is 0.283. The molecule has 27 heavy (non-hydrogen) atoms. The number of rotatable bonds is 8. The second-order valence-corrected chi connectivity index (χ2v) is 8.12. The summed E-state index contributed by atoms with van der Waals surface area (Å²) in [5.41, 5.74) is 0.395. The molecule has 10 heteroatoms. The minimum absolute atomic E-state index is 0.180. The molecule has 1 aliphatic rings. The summed E-state index contributed by atoms with van der Waals surface area (Å²) >= 11 is 1.40. The number of thioether (sulfide) groups is 1. The lowest BCUT2D eigenvalue weighted by Crippen LogP contribution is -2.41. The van der Waals surface area contributed by atoms with Crippen molar-refractivity contribution in [2.75, 3.05) is 25.6 Å². The zero-order valence-corrected chi connectivity index (χ0v) is 16.3. The van der Waals surface area contributed by atoms with Gasteiger partial charge in [-0.2, -0.15) is 8.42 Å². The van der Waals surface area contributed by atoms with Crippen molar-refractivity contribution >= 4 is 44.5 Å². The molecule has 0 unspecified atom stereocenters. The van der Waals surface area contributed by atoms with E-state index in [-0.39, 0.29) is 23.0 Å². The predicted octanol–water partition coefficient (Wildman–Crippen LogP) is 2.39. The van der Waals surface area contributed by atoms with Crippen LogP contribution in [0.15, 0.2) is 35.2 Å². The normalized spacial score (nSPS) is 14.2. The van der Waals surface area contributed by atoms with Crippen LogP contribution in [0.25, 0.3) is 10.8 Å². The fourth-order valence-corrected chi connectivity index (χ4v) is 3.83. The molecule has 3 rings (SSSR count). The maximum Gasteiger partial charge on any atom is 0.286 e. The van der Waals surface area contributed by atoms with Gasteiger partial charge in [0.05, 0.1) is 23.3 Å². The Morgan fingerprint density at radius 2 is 1.74 bits per heavy atom. The first kappa shape index (κ1) is 19.8. The van der Waals surface area contributed by atoms with Crippen LogP contribution in [0.3, 0.4) is 0 Å². The monoisotopic (exact) mass is 411 g/mol. The fraction of sp³-hybridized carbons (Fsp3) is 0.294. The van der Waals surface area contributed by atoms with Gasteiger partial charge in [-0.3, -0.25) is 9.59 Å². The Bertz CT molecular complexity index is 982. The largest absolute Gasteiger partial charge is 0.356 e. The molecule has 2 aromatic carbocycles. The van der Waals surface area contributed by atoms with Crippen LogP contribution in [0.4, 0.5) is 0 Å². The molecule has 0 N–H and O–H groups in total. The third kappa shape index (κ3) is 4.14. The summed E-state index contributed by atoms with van der Waals surface area (Å²) in [6.45, 7) is 2.61. The lowest BCUT2D eigenvalue weighted by atomic mass is 9.95. The molecule has 144 valence electrons. The van der Waals surface area contributed by atoms with Crippen LogP contribution >= 0.6 is 11.8 Å². The summed E-state index contributed by atoms with van der Waals surface area (Å²) in [5.74, 6) is -1.30. The highest BCUT2D eigenvalue weighted by Crippen LogP contribution is 2.36. The van der Waals surface area contributed by atoms with Gasteiger partial charge in [-0.05, 0) is 30.5 Å². The summed E-state index contributed by atoms with van der Waals surface area (Å²) in [4.78, 5) is 26.0. The fourth-order valence-electron chi connectivity index (χ4n) is 2.66. The molecule has 0 bridgehead atoms. The topological polar surface area (TPSA) is 99.2 Å².